The molecule has 1 aromatic carbocycles. The van der Waals surface area contributed by atoms with Crippen LogP contribution >= 0.6 is 0 Å². The number of carbonyl (C=O) groups is 1. The predicted octanol–water partition coefficient (Wildman–Crippen LogP) is 2.39. The lowest BCUT2D eigenvalue weighted by Crippen LogP contribution is -2.27. The van der Waals surface area contributed by atoms with Crippen molar-refractivity contribution in [2.75, 3.05) is 18.0 Å². The number of amides is 1. The summed E-state index contributed by atoms with van der Waals surface area (Å²) in [6, 6.07) is 13.5. The Balaban J connectivity index is 1.47. The van der Waals surface area contributed by atoms with E-state index in [4.69, 9.17) is 5.73 Å². The van der Waals surface area contributed by atoms with Crippen molar-refractivity contribution in [3.63, 3.8) is 0 Å². The number of nitrogens with two attached hydrogens (primary N) is 1. The summed E-state index contributed by atoms with van der Waals surface area (Å²) < 4.78 is 0. The number of anilines is 1. The first-order valence-electron chi connectivity index (χ1n) is 8.49. The summed E-state index contributed by atoms with van der Waals surface area (Å²) in [5.74, 6) is 0.976. The van der Waals surface area contributed by atoms with Gasteiger partial charge in [-0.15, -0.1) is 0 Å². The molecular weight excluding hydrogens is 300 g/mol. The standard InChI is InChI=1S/C19H24N4O/c20-17(16-6-2-1-3-7-16)12-19(24)22-14-15-8-9-18(21-13-15)23-10-4-5-11-23/h1-3,6-9,13,17H,4-5,10-12,14,20H2,(H,22,24). The van der Waals surface area contributed by atoms with Crippen molar-refractivity contribution in [1.29, 1.82) is 0 Å². The molecule has 0 saturated carbocycles. The highest BCUT2D eigenvalue weighted by molar-refractivity contribution is 5.76. The van der Waals surface area contributed by atoms with Crippen LogP contribution in [0.25, 0.3) is 0 Å². The molecule has 1 unspecified atom stereocenters. The van der Waals surface area contributed by atoms with E-state index in [-0.39, 0.29) is 18.4 Å². The van der Waals surface area contributed by atoms with Gasteiger partial charge in [0.05, 0.1) is 0 Å². The summed E-state index contributed by atoms with van der Waals surface area (Å²) in [6.07, 6.45) is 4.59. The average Bonchev–Trinajstić information content (AvgIpc) is 3.16. The molecule has 5 nitrogen and oxygen atoms in total. The summed E-state index contributed by atoms with van der Waals surface area (Å²) in [5.41, 5.74) is 8.05. The summed E-state index contributed by atoms with van der Waals surface area (Å²) in [5, 5.41) is 2.92. The highest BCUT2D eigenvalue weighted by Gasteiger charge is 2.14. The van der Waals surface area contributed by atoms with E-state index in [1.165, 1.54) is 12.8 Å². The molecule has 0 aliphatic carbocycles. The monoisotopic (exact) mass is 324 g/mol. The third kappa shape index (κ3) is 4.32. The Hall–Kier alpha value is -2.40. The average molecular weight is 324 g/mol. The summed E-state index contributed by atoms with van der Waals surface area (Å²) in [7, 11) is 0. The SMILES string of the molecule is NC(CC(=O)NCc1ccc(N2CCCC2)nc1)c1ccccc1. The first kappa shape index (κ1) is 16.5. The van der Waals surface area contributed by atoms with E-state index in [0.717, 1.165) is 30.0 Å². The number of pyridine rings is 1. The van der Waals surface area contributed by atoms with Crippen LogP contribution in [0.3, 0.4) is 0 Å². The van der Waals surface area contributed by atoms with Crippen LogP contribution in [0.15, 0.2) is 48.7 Å². The molecule has 3 N–H and O–H groups in total. The molecule has 5 heteroatoms. The summed E-state index contributed by atoms with van der Waals surface area (Å²) in [4.78, 5) is 18.8. The number of rotatable bonds is 6. The maximum atomic E-state index is 12.1. The Labute approximate surface area is 142 Å². The molecule has 24 heavy (non-hydrogen) atoms. The van der Waals surface area contributed by atoms with Gasteiger partial charge < -0.3 is 16.0 Å². The minimum absolute atomic E-state index is 0.0463. The van der Waals surface area contributed by atoms with Crippen molar-refractivity contribution < 1.29 is 4.79 Å². The second-order valence-corrected chi connectivity index (χ2v) is 6.22. The van der Waals surface area contributed by atoms with Crippen molar-refractivity contribution in [2.24, 2.45) is 5.73 Å². The lowest BCUT2D eigenvalue weighted by molar-refractivity contribution is -0.121. The molecule has 0 bridgehead atoms. The molecule has 126 valence electrons. The van der Waals surface area contributed by atoms with Crippen LogP contribution in [0, 0.1) is 0 Å². The predicted molar refractivity (Wildman–Crippen MR) is 95.5 cm³/mol. The smallest absolute Gasteiger partial charge is 0.222 e. The van der Waals surface area contributed by atoms with Crippen LogP contribution in [0.5, 0.6) is 0 Å². The van der Waals surface area contributed by atoms with Crippen molar-refractivity contribution in [1.82, 2.24) is 10.3 Å². The van der Waals surface area contributed by atoms with E-state index in [0.29, 0.717) is 6.54 Å². The van der Waals surface area contributed by atoms with Crippen LogP contribution < -0.4 is 16.0 Å². The van der Waals surface area contributed by atoms with Gasteiger partial charge in [-0.3, -0.25) is 4.79 Å². The van der Waals surface area contributed by atoms with Gasteiger partial charge >= 0.3 is 0 Å². The lowest BCUT2D eigenvalue weighted by atomic mass is 10.0. The van der Waals surface area contributed by atoms with Gasteiger partial charge in [-0.25, -0.2) is 4.98 Å². The largest absolute Gasteiger partial charge is 0.357 e. The Morgan fingerprint density at radius 2 is 1.92 bits per heavy atom. The topological polar surface area (TPSA) is 71.2 Å². The number of aromatic nitrogens is 1. The first-order valence-corrected chi connectivity index (χ1v) is 8.49. The fraction of sp³-hybridized carbons (Fsp3) is 0.368. The molecular formula is C19H24N4O. The van der Waals surface area contributed by atoms with Crippen molar-refractivity contribution >= 4 is 11.7 Å². The van der Waals surface area contributed by atoms with Gasteiger partial charge in [0.2, 0.25) is 5.91 Å². The minimum Gasteiger partial charge on any atom is -0.357 e. The molecule has 1 fully saturated rings. The van der Waals surface area contributed by atoms with E-state index >= 15 is 0 Å². The molecule has 1 aromatic heterocycles. The maximum Gasteiger partial charge on any atom is 0.222 e. The van der Waals surface area contributed by atoms with Crippen molar-refractivity contribution in [3.8, 4) is 0 Å². The fourth-order valence-corrected chi connectivity index (χ4v) is 2.95. The van der Waals surface area contributed by atoms with Crippen LogP contribution in [0.2, 0.25) is 0 Å². The number of benzene rings is 1. The highest BCUT2D eigenvalue weighted by atomic mass is 16.1. The van der Waals surface area contributed by atoms with Crippen LogP contribution in [-0.2, 0) is 11.3 Å². The molecule has 2 aromatic rings. The van der Waals surface area contributed by atoms with Crippen molar-refractivity contribution in [3.05, 3.63) is 59.8 Å². The zero-order chi connectivity index (χ0) is 16.8. The molecule has 1 aliphatic heterocycles. The number of nitrogens with zero attached hydrogens (tertiary/aromatic N) is 2. The quantitative estimate of drug-likeness (QED) is 0.856. The van der Waals surface area contributed by atoms with E-state index in [9.17, 15) is 4.79 Å². The van der Waals surface area contributed by atoms with Crippen molar-refractivity contribution in [2.45, 2.75) is 31.8 Å². The van der Waals surface area contributed by atoms with E-state index < -0.39 is 0 Å². The maximum absolute atomic E-state index is 12.1. The lowest BCUT2D eigenvalue weighted by Gasteiger charge is -2.16. The number of hydrogen-bond acceptors (Lipinski definition) is 4. The molecule has 1 saturated heterocycles. The Morgan fingerprint density at radius 1 is 1.17 bits per heavy atom. The third-order valence-electron chi connectivity index (χ3n) is 4.36. The summed E-state index contributed by atoms with van der Waals surface area (Å²) >= 11 is 0. The molecule has 3 rings (SSSR count). The van der Waals surface area contributed by atoms with Gasteiger partial charge in [0.25, 0.3) is 0 Å². The van der Waals surface area contributed by atoms with Gasteiger partial charge in [0.15, 0.2) is 0 Å². The van der Waals surface area contributed by atoms with Gasteiger partial charge in [0, 0.05) is 38.3 Å². The molecule has 2 heterocycles. The molecule has 1 aliphatic rings. The number of nitrogens with one attached hydrogen (secondary N) is 1. The number of hydrogen-bond donors (Lipinski definition) is 2. The molecule has 0 radical (unpaired) electrons. The normalized spacial score (nSPS) is 15.3. The number of carbonyl (C=O) groups excluding carboxylic acids is 1. The zero-order valence-electron chi connectivity index (χ0n) is 13.8. The third-order valence-corrected chi connectivity index (χ3v) is 4.36. The fourth-order valence-electron chi connectivity index (χ4n) is 2.95. The molecule has 0 spiro atoms. The van der Waals surface area contributed by atoms with Gasteiger partial charge in [-0.1, -0.05) is 36.4 Å². The van der Waals surface area contributed by atoms with Crippen LogP contribution in [0.1, 0.15) is 36.4 Å². The Bertz CT molecular complexity index is 651. The molecule has 1 atom stereocenters. The minimum atomic E-state index is -0.276. The van der Waals surface area contributed by atoms with E-state index in [2.05, 4.69) is 15.2 Å². The van der Waals surface area contributed by atoms with E-state index in [1.807, 2.05) is 48.7 Å². The zero-order valence-corrected chi connectivity index (χ0v) is 13.8. The summed E-state index contributed by atoms with van der Waals surface area (Å²) in [6.45, 7) is 2.65. The van der Waals surface area contributed by atoms with Crippen LogP contribution in [-0.4, -0.2) is 24.0 Å². The van der Waals surface area contributed by atoms with Crippen LogP contribution in [0.4, 0.5) is 5.82 Å². The first-order chi connectivity index (χ1) is 11.7. The second-order valence-electron chi connectivity index (χ2n) is 6.22. The second kappa shape index (κ2) is 7.93. The van der Waals surface area contributed by atoms with E-state index in [1.54, 1.807) is 0 Å². The van der Waals surface area contributed by atoms with Gasteiger partial charge in [-0.05, 0) is 30.0 Å². The Kier molecular flexibility index (Phi) is 5.43. The van der Waals surface area contributed by atoms with Gasteiger partial charge in [-0.2, -0.15) is 0 Å². The van der Waals surface area contributed by atoms with Gasteiger partial charge in [0.1, 0.15) is 5.82 Å². The molecule has 1 amide bonds. The Morgan fingerprint density at radius 3 is 2.58 bits per heavy atom. The highest BCUT2D eigenvalue weighted by Crippen LogP contribution is 2.17.